The molecule has 0 radical (unpaired) electrons. The number of urea groups is 1. The Bertz CT molecular complexity index is 483. The van der Waals surface area contributed by atoms with E-state index in [1.54, 1.807) is 18.5 Å². The van der Waals surface area contributed by atoms with Crippen LogP contribution in [0.3, 0.4) is 0 Å². The molecule has 2 N–H and O–H groups in total. The number of hydrogen-bond donors (Lipinski definition) is 2. The molecule has 2 aliphatic rings. The molecule has 94 valence electrons. The third-order valence-corrected chi connectivity index (χ3v) is 3.46. The van der Waals surface area contributed by atoms with E-state index in [2.05, 4.69) is 20.6 Å². The lowest BCUT2D eigenvalue weighted by Gasteiger charge is -2.36. The molecule has 0 saturated carbocycles. The highest BCUT2D eigenvalue weighted by atomic mass is 16.2. The zero-order valence-electron chi connectivity index (χ0n) is 9.72. The van der Waals surface area contributed by atoms with Crippen molar-refractivity contribution in [1.29, 1.82) is 0 Å². The summed E-state index contributed by atoms with van der Waals surface area (Å²) in [4.78, 5) is 33.6. The SMILES string of the molecule is O=C1NC(=O)C2(CCNCC2)N1c1ncccn1. The van der Waals surface area contributed by atoms with Crippen molar-refractivity contribution in [2.75, 3.05) is 18.0 Å². The van der Waals surface area contributed by atoms with Gasteiger partial charge < -0.3 is 5.32 Å². The number of carbonyl (C=O) groups excluding carboxylic acids is 2. The molecule has 3 amide bonds. The van der Waals surface area contributed by atoms with Crippen LogP contribution in [0.5, 0.6) is 0 Å². The van der Waals surface area contributed by atoms with E-state index in [4.69, 9.17) is 0 Å². The summed E-state index contributed by atoms with van der Waals surface area (Å²) in [6.07, 6.45) is 4.27. The van der Waals surface area contributed by atoms with Gasteiger partial charge in [-0.05, 0) is 32.0 Å². The molecule has 3 heterocycles. The normalized spacial score (nSPS) is 22.3. The summed E-state index contributed by atoms with van der Waals surface area (Å²) in [7, 11) is 0. The van der Waals surface area contributed by atoms with Crippen LogP contribution in [-0.4, -0.2) is 40.5 Å². The predicted octanol–water partition coefficient (Wildman–Crippen LogP) is -0.345. The molecule has 18 heavy (non-hydrogen) atoms. The molecule has 0 aromatic carbocycles. The van der Waals surface area contributed by atoms with Crippen LogP contribution < -0.4 is 15.5 Å². The molecule has 2 fully saturated rings. The lowest BCUT2D eigenvalue weighted by Crippen LogP contribution is -2.56. The van der Waals surface area contributed by atoms with E-state index >= 15 is 0 Å². The Balaban J connectivity index is 2.04. The first kappa shape index (κ1) is 11.1. The summed E-state index contributed by atoms with van der Waals surface area (Å²) in [5.41, 5.74) is -0.830. The summed E-state index contributed by atoms with van der Waals surface area (Å²) < 4.78 is 0. The second kappa shape index (κ2) is 4.02. The molecular formula is C11H13N5O2. The summed E-state index contributed by atoms with van der Waals surface area (Å²) in [5.74, 6) is 0.0317. The van der Waals surface area contributed by atoms with Crippen LogP contribution in [0.1, 0.15) is 12.8 Å². The zero-order chi connectivity index (χ0) is 12.6. The third-order valence-electron chi connectivity index (χ3n) is 3.46. The average molecular weight is 247 g/mol. The number of rotatable bonds is 1. The largest absolute Gasteiger partial charge is 0.331 e. The van der Waals surface area contributed by atoms with Gasteiger partial charge in [-0.25, -0.2) is 19.7 Å². The molecule has 0 bridgehead atoms. The number of carbonyl (C=O) groups is 2. The molecule has 0 aliphatic carbocycles. The summed E-state index contributed by atoms with van der Waals surface area (Å²) in [5, 5.41) is 5.55. The molecular weight excluding hydrogens is 234 g/mol. The van der Waals surface area contributed by atoms with Gasteiger partial charge >= 0.3 is 6.03 Å². The Labute approximate surface area is 104 Å². The first-order valence-corrected chi connectivity index (χ1v) is 5.87. The summed E-state index contributed by atoms with van der Waals surface area (Å²) in [6, 6.07) is 1.24. The second-order valence-corrected chi connectivity index (χ2v) is 4.43. The highest BCUT2D eigenvalue weighted by molar-refractivity contribution is 6.16. The van der Waals surface area contributed by atoms with E-state index in [9.17, 15) is 9.59 Å². The van der Waals surface area contributed by atoms with Gasteiger partial charge in [0.1, 0.15) is 5.54 Å². The van der Waals surface area contributed by atoms with Gasteiger partial charge in [0.15, 0.2) is 0 Å². The fraction of sp³-hybridized carbons (Fsp3) is 0.455. The molecule has 0 atom stereocenters. The Morgan fingerprint density at radius 1 is 1.17 bits per heavy atom. The van der Waals surface area contributed by atoms with Crippen molar-refractivity contribution >= 4 is 17.9 Å². The number of piperidine rings is 1. The maximum Gasteiger partial charge on any atom is 0.331 e. The number of aromatic nitrogens is 2. The second-order valence-electron chi connectivity index (χ2n) is 4.43. The van der Waals surface area contributed by atoms with E-state index < -0.39 is 11.6 Å². The maximum absolute atomic E-state index is 12.1. The molecule has 1 spiro atoms. The number of nitrogens with one attached hydrogen (secondary N) is 2. The number of imide groups is 1. The van der Waals surface area contributed by atoms with Crippen LogP contribution in [0.15, 0.2) is 18.5 Å². The van der Waals surface area contributed by atoms with Crippen LogP contribution in [0.25, 0.3) is 0 Å². The highest BCUT2D eigenvalue weighted by Gasteiger charge is 2.54. The van der Waals surface area contributed by atoms with Gasteiger partial charge in [-0.1, -0.05) is 0 Å². The van der Waals surface area contributed by atoms with Crippen LogP contribution in [0.2, 0.25) is 0 Å². The minimum absolute atomic E-state index is 0.249. The van der Waals surface area contributed by atoms with Crippen molar-refractivity contribution in [3.05, 3.63) is 18.5 Å². The number of anilines is 1. The van der Waals surface area contributed by atoms with Crippen LogP contribution >= 0.6 is 0 Å². The van der Waals surface area contributed by atoms with E-state index in [1.165, 1.54) is 4.90 Å². The van der Waals surface area contributed by atoms with E-state index in [0.717, 1.165) is 0 Å². The smallest absolute Gasteiger partial charge is 0.317 e. The van der Waals surface area contributed by atoms with Crippen LogP contribution in [0, 0.1) is 0 Å². The lowest BCUT2D eigenvalue weighted by atomic mass is 9.87. The van der Waals surface area contributed by atoms with Crippen molar-refractivity contribution in [2.45, 2.75) is 18.4 Å². The molecule has 2 saturated heterocycles. The van der Waals surface area contributed by atoms with Crippen molar-refractivity contribution in [2.24, 2.45) is 0 Å². The van der Waals surface area contributed by atoms with Gasteiger partial charge in [0.05, 0.1) is 0 Å². The van der Waals surface area contributed by atoms with Gasteiger partial charge in [0.25, 0.3) is 5.91 Å². The molecule has 1 aromatic heterocycles. The highest BCUT2D eigenvalue weighted by Crippen LogP contribution is 2.33. The van der Waals surface area contributed by atoms with Gasteiger partial charge in [0.2, 0.25) is 5.95 Å². The summed E-state index contributed by atoms with van der Waals surface area (Å²) >= 11 is 0. The first-order valence-electron chi connectivity index (χ1n) is 5.87. The standard InChI is InChI=1S/C11H13N5O2/c17-8-11(2-6-12-7-3-11)16(10(18)15-8)9-13-4-1-5-14-9/h1,4-5,12H,2-3,6-7H2,(H,15,17,18). The van der Waals surface area contributed by atoms with Crippen molar-refractivity contribution in [3.8, 4) is 0 Å². The maximum atomic E-state index is 12.1. The fourth-order valence-electron chi connectivity index (χ4n) is 2.55. The van der Waals surface area contributed by atoms with Gasteiger partial charge in [-0.2, -0.15) is 0 Å². The van der Waals surface area contributed by atoms with Crippen LogP contribution in [-0.2, 0) is 4.79 Å². The topological polar surface area (TPSA) is 87.2 Å². The monoisotopic (exact) mass is 247 g/mol. The van der Waals surface area contributed by atoms with Crippen molar-refractivity contribution in [1.82, 2.24) is 20.6 Å². The third kappa shape index (κ3) is 1.47. The first-order chi connectivity index (χ1) is 8.74. The Morgan fingerprint density at radius 3 is 2.50 bits per heavy atom. The quantitative estimate of drug-likeness (QED) is 0.663. The Morgan fingerprint density at radius 2 is 1.83 bits per heavy atom. The average Bonchev–Trinajstić information content (AvgIpc) is 2.63. The van der Waals surface area contributed by atoms with Crippen LogP contribution in [0.4, 0.5) is 10.7 Å². The molecule has 0 unspecified atom stereocenters. The fourth-order valence-corrected chi connectivity index (χ4v) is 2.55. The number of amides is 3. The van der Waals surface area contributed by atoms with Crippen molar-refractivity contribution < 1.29 is 9.59 Å². The van der Waals surface area contributed by atoms with E-state index in [0.29, 0.717) is 25.9 Å². The lowest BCUT2D eigenvalue weighted by molar-refractivity contribution is -0.124. The minimum atomic E-state index is -0.830. The van der Waals surface area contributed by atoms with Gasteiger partial charge in [-0.15, -0.1) is 0 Å². The zero-order valence-corrected chi connectivity index (χ0v) is 9.72. The predicted molar refractivity (Wildman–Crippen MR) is 62.9 cm³/mol. The minimum Gasteiger partial charge on any atom is -0.317 e. The van der Waals surface area contributed by atoms with E-state index in [-0.39, 0.29) is 11.9 Å². The molecule has 7 heteroatoms. The molecule has 3 rings (SSSR count). The molecule has 2 aliphatic heterocycles. The number of hydrogen-bond acceptors (Lipinski definition) is 5. The molecule has 1 aromatic rings. The Hall–Kier alpha value is -2.02. The summed E-state index contributed by atoms with van der Waals surface area (Å²) in [6.45, 7) is 1.40. The van der Waals surface area contributed by atoms with Gasteiger partial charge in [0, 0.05) is 12.4 Å². The van der Waals surface area contributed by atoms with Crippen molar-refractivity contribution in [3.63, 3.8) is 0 Å². The van der Waals surface area contributed by atoms with Gasteiger partial charge in [-0.3, -0.25) is 10.1 Å². The molecule has 7 nitrogen and oxygen atoms in total. The Kier molecular flexibility index (Phi) is 2.48. The van der Waals surface area contributed by atoms with E-state index in [1.807, 2.05) is 0 Å². The number of nitrogens with zero attached hydrogens (tertiary/aromatic N) is 3.